The van der Waals surface area contributed by atoms with Crippen LogP contribution in [-0.4, -0.2) is 28.0 Å². The SMILES string of the molecule is NC(=S)S.NCCCCC(N)C(=O)O.[Sm]. The van der Waals surface area contributed by atoms with Gasteiger partial charge in [-0.2, -0.15) is 0 Å². The van der Waals surface area contributed by atoms with Crippen molar-refractivity contribution in [2.24, 2.45) is 17.2 Å². The molecular weight excluding hydrogens is 373 g/mol. The second kappa shape index (κ2) is 15.0. The van der Waals surface area contributed by atoms with E-state index in [2.05, 4.69) is 24.8 Å². The standard InChI is InChI=1S/C6H14N2O2.CH3NS2.Sm/c7-4-2-1-3-5(8)6(9)10;2-1(3)4;/h5H,1-4,7-8H2,(H,9,10);(H3,2,3,4);. The van der Waals surface area contributed by atoms with E-state index in [9.17, 15) is 4.79 Å². The molecule has 7 N–H and O–H groups in total. The first-order valence-corrected chi connectivity index (χ1v) is 4.94. The van der Waals surface area contributed by atoms with Crippen LogP contribution in [0.3, 0.4) is 0 Å². The Labute approximate surface area is 133 Å². The summed E-state index contributed by atoms with van der Waals surface area (Å²) in [5, 5.41) is 8.33. The van der Waals surface area contributed by atoms with E-state index in [0.29, 0.717) is 13.0 Å². The molecule has 0 aliphatic heterocycles. The largest absolute Gasteiger partial charge is 0.480 e. The number of nitrogens with two attached hydrogens (primary N) is 3. The summed E-state index contributed by atoms with van der Waals surface area (Å²) in [5.74, 6) is -0.933. The van der Waals surface area contributed by atoms with Crippen LogP contribution < -0.4 is 17.2 Å². The zero-order valence-electron chi connectivity index (χ0n) is 8.26. The summed E-state index contributed by atoms with van der Waals surface area (Å²) in [6.07, 6.45) is 2.16. The Morgan fingerprint density at radius 1 is 1.47 bits per heavy atom. The van der Waals surface area contributed by atoms with Gasteiger partial charge in [-0.15, -0.1) is 12.6 Å². The van der Waals surface area contributed by atoms with Crippen LogP contribution in [0.15, 0.2) is 0 Å². The van der Waals surface area contributed by atoms with Crippen LogP contribution in [0.4, 0.5) is 0 Å². The topological polar surface area (TPSA) is 115 Å². The zero-order chi connectivity index (χ0) is 11.6. The van der Waals surface area contributed by atoms with Crippen molar-refractivity contribution in [1.82, 2.24) is 0 Å². The van der Waals surface area contributed by atoms with Gasteiger partial charge in [0.2, 0.25) is 0 Å². The van der Waals surface area contributed by atoms with Crippen LogP contribution in [0.2, 0.25) is 0 Å². The molecular formula is C7H17N3O2S2Sm. The van der Waals surface area contributed by atoms with E-state index in [1.807, 2.05) is 0 Å². The Morgan fingerprint density at radius 2 is 1.87 bits per heavy atom. The van der Waals surface area contributed by atoms with Crippen molar-refractivity contribution in [3.05, 3.63) is 0 Å². The van der Waals surface area contributed by atoms with E-state index >= 15 is 0 Å². The maximum Gasteiger partial charge on any atom is 0.320 e. The fraction of sp³-hybridized carbons (Fsp3) is 0.714. The van der Waals surface area contributed by atoms with Crippen molar-refractivity contribution in [3.8, 4) is 0 Å². The monoisotopic (exact) mass is 391 g/mol. The van der Waals surface area contributed by atoms with E-state index in [-0.39, 0.29) is 44.7 Å². The first kappa shape index (κ1) is 21.3. The first-order chi connectivity index (χ1) is 6.41. The molecule has 1 unspecified atom stereocenters. The van der Waals surface area contributed by atoms with Gasteiger partial charge in [-0.25, -0.2) is 0 Å². The van der Waals surface area contributed by atoms with Gasteiger partial charge >= 0.3 is 5.97 Å². The number of hydrogen-bond donors (Lipinski definition) is 5. The molecule has 0 saturated carbocycles. The minimum Gasteiger partial charge on any atom is -0.480 e. The third kappa shape index (κ3) is 25.3. The van der Waals surface area contributed by atoms with Crippen molar-refractivity contribution in [3.63, 3.8) is 0 Å². The Morgan fingerprint density at radius 3 is 2.13 bits per heavy atom. The Kier molecular flexibility index (Phi) is 21.2. The number of carbonyl (C=O) groups is 1. The van der Waals surface area contributed by atoms with Gasteiger partial charge in [-0.05, 0) is 19.4 Å². The Hall–Kier alpha value is 0.968. The van der Waals surface area contributed by atoms with E-state index in [0.717, 1.165) is 12.8 Å². The zero-order valence-corrected chi connectivity index (χ0v) is 12.6. The van der Waals surface area contributed by atoms with Crippen molar-refractivity contribution < 1.29 is 50.3 Å². The minimum absolute atomic E-state index is 0. The quantitative estimate of drug-likeness (QED) is 0.250. The maximum absolute atomic E-state index is 10.1. The number of carboxylic acids is 1. The average Bonchev–Trinajstić information content (AvgIpc) is 2.03. The van der Waals surface area contributed by atoms with E-state index in [1.54, 1.807) is 0 Å². The van der Waals surface area contributed by atoms with Crippen molar-refractivity contribution >= 4 is 35.1 Å². The van der Waals surface area contributed by atoms with Crippen LogP contribution >= 0.6 is 24.8 Å². The number of rotatable bonds is 5. The van der Waals surface area contributed by atoms with Crippen molar-refractivity contribution in [2.45, 2.75) is 25.3 Å². The molecule has 0 bridgehead atoms. The molecule has 0 radical (unpaired) electrons. The fourth-order valence-corrected chi connectivity index (χ4v) is 0.632. The molecule has 90 valence electrons. The molecule has 0 fully saturated rings. The predicted molar refractivity (Wildman–Crippen MR) is 64.3 cm³/mol. The number of aliphatic carboxylic acids is 1. The molecule has 0 aromatic carbocycles. The Balaban J connectivity index is -0.000000249. The molecule has 8 heteroatoms. The number of unbranched alkanes of at least 4 members (excludes halogenated alkanes) is 1. The molecule has 0 spiro atoms. The van der Waals surface area contributed by atoms with Gasteiger partial charge in [0.25, 0.3) is 0 Å². The van der Waals surface area contributed by atoms with Crippen LogP contribution in [0.5, 0.6) is 0 Å². The van der Waals surface area contributed by atoms with Gasteiger partial charge in [0, 0.05) is 40.4 Å². The summed E-state index contributed by atoms with van der Waals surface area (Å²) in [4.78, 5) is 10.1. The summed E-state index contributed by atoms with van der Waals surface area (Å²) >= 11 is 7.65. The summed E-state index contributed by atoms with van der Waals surface area (Å²) in [6.45, 7) is 0.604. The second-order valence-electron chi connectivity index (χ2n) is 2.57. The first-order valence-electron chi connectivity index (χ1n) is 4.08. The van der Waals surface area contributed by atoms with Crippen LogP contribution in [0, 0.1) is 40.4 Å². The molecule has 5 nitrogen and oxygen atoms in total. The molecule has 0 heterocycles. The third-order valence-electron chi connectivity index (χ3n) is 1.29. The number of thiocarbonyl (C=S) groups is 1. The molecule has 0 saturated heterocycles. The maximum atomic E-state index is 10.1. The minimum atomic E-state index is -0.933. The van der Waals surface area contributed by atoms with Gasteiger partial charge in [-0.1, -0.05) is 18.6 Å². The molecule has 0 amide bonds. The molecule has 1 atom stereocenters. The summed E-state index contributed by atoms with van der Waals surface area (Å²) < 4.78 is 0.194. The Bertz CT molecular complexity index is 180. The third-order valence-corrected chi connectivity index (χ3v) is 1.29. The number of thiol groups is 1. The van der Waals surface area contributed by atoms with Gasteiger partial charge in [0.15, 0.2) is 0 Å². The molecule has 0 aliphatic rings. The van der Waals surface area contributed by atoms with Crippen molar-refractivity contribution in [1.29, 1.82) is 0 Å². The predicted octanol–water partition coefficient (Wildman–Crippen LogP) is -0.313. The summed E-state index contributed by atoms with van der Waals surface area (Å²) in [5.41, 5.74) is 15.1. The molecule has 0 aromatic heterocycles. The van der Waals surface area contributed by atoms with E-state index in [1.165, 1.54) is 0 Å². The van der Waals surface area contributed by atoms with E-state index < -0.39 is 12.0 Å². The van der Waals surface area contributed by atoms with Crippen LogP contribution in [0.1, 0.15) is 19.3 Å². The number of hydrogen-bond acceptors (Lipinski definition) is 4. The van der Waals surface area contributed by atoms with Gasteiger partial charge in [0.05, 0.1) is 0 Å². The van der Waals surface area contributed by atoms with E-state index in [4.69, 9.17) is 22.3 Å². The molecule has 15 heavy (non-hydrogen) atoms. The van der Waals surface area contributed by atoms with Gasteiger partial charge in [-0.3, -0.25) is 4.79 Å². The molecule has 0 aliphatic carbocycles. The van der Waals surface area contributed by atoms with Crippen LogP contribution in [-0.2, 0) is 4.79 Å². The average molecular weight is 390 g/mol. The molecule has 0 rings (SSSR count). The van der Waals surface area contributed by atoms with Gasteiger partial charge < -0.3 is 22.3 Å². The number of carboxylic acid groups (broad SMARTS) is 1. The smallest absolute Gasteiger partial charge is 0.320 e. The fourth-order valence-electron chi connectivity index (χ4n) is 0.632. The second-order valence-corrected chi connectivity index (χ2v) is 3.79. The normalized spacial score (nSPS) is 10.3. The van der Waals surface area contributed by atoms with Crippen LogP contribution in [0.25, 0.3) is 0 Å². The molecule has 0 aromatic rings. The van der Waals surface area contributed by atoms with Crippen molar-refractivity contribution in [2.75, 3.05) is 6.54 Å². The van der Waals surface area contributed by atoms with Gasteiger partial charge in [0.1, 0.15) is 10.4 Å². The summed E-state index contributed by atoms with van der Waals surface area (Å²) in [6, 6.07) is -0.716. The summed E-state index contributed by atoms with van der Waals surface area (Å²) in [7, 11) is 0.